The van der Waals surface area contributed by atoms with Gasteiger partial charge in [-0.2, -0.15) is 18.2 Å². The number of aromatic nitrogens is 3. The molecule has 0 atom stereocenters. The van der Waals surface area contributed by atoms with Crippen LogP contribution in [-0.4, -0.2) is 33.5 Å². The van der Waals surface area contributed by atoms with Gasteiger partial charge >= 0.3 is 6.18 Å². The van der Waals surface area contributed by atoms with Crippen molar-refractivity contribution in [1.29, 1.82) is 0 Å². The van der Waals surface area contributed by atoms with Gasteiger partial charge in [-0.05, 0) is 31.4 Å². The Hall–Kier alpha value is -2.95. The maximum absolute atomic E-state index is 13.1. The number of hydrogen-bond donors (Lipinski definition) is 1. The summed E-state index contributed by atoms with van der Waals surface area (Å²) >= 11 is 1.22. The molecule has 0 spiro atoms. The lowest BCUT2D eigenvalue weighted by Crippen LogP contribution is -2.29. The van der Waals surface area contributed by atoms with E-state index in [1.54, 1.807) is 0 Å². The van der Waals surface area contributed by atoms with Gasteiger partial charge in [0, 0.05) is 13.1 Å². The second kappa shape index (κ2) is 8.05. The Morgan fingerprint density at radius 3 is 2.63 bits per heavy atom. The van der Waals surface area contributed by atoms with E-state index < -0.39 is 29.8 Å². The summed E-state index contributed by atoms with van der Waals surface area (Å²) in [6, 6.07) is 4.68. The number of nitrogens with one attached hydrogen (secondary N) is 1. The van der Waals surface area contributed by atoms with Crippen molar-refractivity contribution in [3.63, 3.8) is 0 Å². The van der Waals surface area contributed by atoms with Gasteiger partial charge in [0.15, 0.2) is 10.8 Å². The van der Waals surface area contributed by atoms with Gasteiger partial charge in [-0.3, -0.25) is 14.2 Å². The molecule has 3 heterocycles. The molecule has 30 heavy (non-hydrogen) atoms. The van der Waals surface area contributed by atoms with Crippen molar-refractivity contribution in [2.75, 3.05) is 23.3 Å². The lowest BCUT2D eigenvalue weighted by atomic mass is 10.1. The number of nitrogens with zero attached hydrogens (tertiary/aromatic N) is 4. The summed E-state index contributed by atoms with van der Waals surface area (Å²) in [5.41, 5.74) is -1.44. The molecule has 1 aromatic carbocycles. The van der Waals surface area contributed by atoms with Gasteiger partial charge in [0.2, 0.25) is 5.91 Å². The largest absolute Gasteiger partial charge is 0.418 e. The molecule has 0 unspecified atom stereocenters. The fourth-order valence-corrected chi connectivity index (χ4v) is 4.37. The number of rotatable bonds is 4. The van der Waals surface area contributed by atoms with Crippen molar-refractivity contribution >= 4 is 38.4 Å². The molecule has 11 heteroatoms. The number of fused-ring (bicyclic) bond motifs is 1. The molecule has 1 aliphatic rings. The quantitative estimate of drug-likeness (QED) is 0.676. The van der Waals surface area contributed by atoms with Crippen LogP contribution in [0.5, 0.6) is 0 Å². The lowest BCUT2D eigenvalue weighted by molar-refractivity contribution is -0.137. The first-order valence-electron chi connectivity index (χ1n) is 9.40. The van der Waals surface area contributed by atoms with E-state index in [2.05, 4.69) is 20.2 Å². The predicted molar refractivity (Wildman–Crippen MR) is 108 cm³/mol. The van der Waals surface area contributed by atoms with Crippen molar-refractivity contribution in [3.8, 4) is 0 Å². The molecule has 158 valence electrons. The molecule has 7 nitrogen and oxygen atoms in total. The third-order valence-electron chi connectivity index (χ3n) is 4.82. The van der Waals surface area contributed by atoms with E-state index in [1.807, 2.05) is 0 Å². The maximum Gasteiger partial charge on any atom is 0.418 e. The van der Waals surface area contributed by atoms with Gasteiger partial charge in [-0.15, -0.1) is 0 Å². The van der Waals surface area contributed by atoms with Crippen molar-refractivity contribution in [3.05, 3.63) is 46.5 Å². The van der Waals surface area contributed by atoms with Crippen LogP contribution >= 0.6 is 11.3 Å². The zero-order valence-corrected chi connectivity index (χ0v) is 16.6. The Kier molecular flexibility index (Phi) is 5.46. The molecule has 0 radical (unpaired) electrons. The van der Waals surface area contributed by atoms with Crippen LogP contribution < -0.4 is 15.8 Å². The van der Waals surface area contributed by atoms with Crippen LogP contribution in [0.25, 0.3) is 10.3 Å². The van der Waals surface area contributed by atoms with E-state index >= 15 is 0 Å². The highest BCUT2D eigenvalue weighted by Gasteiger charge is 2.33. The molecule has 1 saturated heterocycles. The van der Waals surface area contributed by atoms with Crippen molar-refractivity contribution in [2.24, 2.45) is 0 Å². The van der Waals surface area contributed by atoms with Gasteiger partial charge in [0.05, 0.1) is 11.3 Å². The number of benzene rings is 1. The molecule has 0 saturated carbocycles. The van der Waals surface area contributed by atoms with Crippen LogP contribution in [0.1, 0.15) is 24.8 Å². The maximum atomic E-state index is 13.1. The highest BCUT2D eigenvalue weighted by atomic mass is 32.1. The van der Waals surface area contributed by atoms with Gasteiger partial charge in [0.1, 0.15) is 17.6 Å². The number of halogens is 3. The van der Waals surface area contributed by atoms with Crippen LogP contribution in [0.3, 0.4) is 0 Å². The number of alkyl halides is 3. The van der Waals surface area contributed by atoms with Crippen LogP contribution in [0.4, 0.5) is 24.0 Å². The van der Waals surface area contributed by atoms with Gasteiger partial charge in [-0.25, -0.2) is 4.98 Å². The van der Waals surface area contributed by atoms with Crippen LogP contribution in [0.15, 0.2) is 35.4 Å². The van der Waals surface area contributed by atoms with E-state index in [4.69, 9.17) is 0 Å². The minimum Gasteiger partial charge on any atom is -0.348 e. The molecule has 0 aliphatic carbocycles. The minimum atomic E-state index is -4.60. The molecule has 0 bridgehead atoms. The second-order valence-electron chi connectivity index (χ2n) is 6.97. The molecular formula is C19H18F3N5O2S. The molecule has 1 N–H and O–H groups in total. The zero-order chi connectivity index (χ0) is 21.3. The third kappa shape index (κ3) is 4.16. The summed E-state index contributed by atoms with van der Waals surface area (Å²) in [6.07, 6.45) is -0.117. The SMILES string of the molecule is O=C(Cn1cnc2nc(N3CCCCC3)sc2c1=O)Nc1ccccc1C(F)(F)F. The summed E-state index contributed by atoms with van der Waals surface area (Å²) in [7, 11) is 0. The highest BCUT2D eigenvalue weighted by Crippen LogP contribution is 2.34. The van der Waals surface area contributed by atoms with E-state index in [9.17, 15) is 22.8 Å². The van der Waals surface area contributed by atoms with Crippen LogP contribution in [0, 0.1) is 0 Å². The van der Waals surface area contributed by atoms with Crippen molar-refractivity contribution in [1.82, 2.24) is 14.5 Å². The predicted octanol–water partition coefficient (Wildman–Crippen LogP) is 3.50. The normalized spacial score (nSPS) is 14.8. The fourth-order valence-electron chi connectivity index (χ4n) is 3.35. The summed E-state index contributed by atoms with van der Waals surface area (Å²) in [5, 5.41) is 2.95. The van der Waals surface area contributed by atoms with E-state index in [0.717, 1.165) is 41.7 Å². The summed E-state index contributed by atoms with van der Waals surface area (Å²) in [4.78, 5) is 35.7. The number of thiazole rings is 1. The number of carbonyl (C=O) groups is 1. The molecule has 4 rings (SSSR count). The third-order valence-corrected chi connectivity index (χ3v) is 5.91. The van der Waals surface area contributed by atoms with Gasteiger partial charge in [0.25, 0.3) is 5.56 Å². The highest BCUT2D eigenvalue weighted by molar-refractivity contribution is 7.22. The Morgan fingerprint density at radius 2 is 1.90 bits per heavy atom. The molecule has 3 aromatic rings. The van der Waals surface area contributed by atoms with Gasteiger partial charge < -0.3 is 10.2 Å². The molecule has 1 fully saturated rings. The average Bonchev–Trinajstić information content (AvgIpc) is 3.16. The number of carbonyl (C=O) groups excluding carboxylic acids is 1. The monoisotopic (exact) mass is 437 g/mol. The van der Waals surface area contributed by atoms with E-state index in [-0.39, 0.29) is 5.69 Å². The Morgan fingerprint density at radius 1 is 1.17 bits per heavy atom. The number of hydrogen-bond acceptors (Lipinski definition) is 6. The zero-order valence-electron chi connectivity index (χ0n) is 15.8. The first kappa shape index (κ1) is 20.3. The molecule has 1 amide bonds. The molecule has 1 aliphatic heterocycles. The Balaban J connectivity index is 1.55. The van der Waals surface area contributed by atoms with E-state index in [0.29, 0.717) is 10.3 Å². The Labute approximate surface area is 173 Å². The van der Waals surface area contributed by atoms with Crippen LogP contribution in [-0.2, 0) is 17.5 Å². The smallest absolute Gasteiger partial charge is 0.348 e. The second-order valence-corrected chi connectivity index (χ2v) is 7.94. The number of anilines is 2. The Bertz CT molecular complexity index is 1140. The van der Waals surface area contributed by atoms with Crippen molar-refractivity contribution in [2.45, 2.75) is 32.0 Å². The standard InChI is InChI=1S/C19H18F3N5O2S/c20-19(21,22)12-6-2-3-7-13(12)24-14(28)10-27-11-23-16-15(17(27)29)30-18(25-16)26-8-4-1-5-9-26/h2-3,6-7,11H,1,4-5,8-10H2,(H,24,28). The first-order chi connectivity index (χ1) is 14.3. The van der Waals surface area contributed by atoms with Gasteiger partial charge in [-0.1, -0.05) is 23.5 Å². The fraction of sp³-hybridized carbons (Fsp3) is 0.368. The lowest BCUT2D eigenvalue weighted by Gasteiger charge is -2.25. The van der Waals surface area contributed by atoms with E-state index in [1.165, 1.54) is 42.3 Å². The minimum absolute atomic E-state index is 0.310. The summed E-state index contributed by atoms with van der Waals surface area (Å²) in [5.74, 6) is -0.754. The number of amides is 1. The molecular weight excluding hydrogens is 419 g/mol. The number of piperidine rings is 1. The first-order valence-corrected chi connectivity index (χ1v) is 10.2. The van der Waals surface area contributed by atoms with Crippen molar-refractivity contribution < 1.29 is 18.0 Å². The summed E-state index contributed by atoms with van der Waals surface area (Å²) < 4.78 is 40.7. The topological polar surface area (TPSA) is 80.1 Å². The number of para-hydroxylation sites is 1. The average molecular weight is 437 g/mol. The molecule has 2 aromatic heterocycles. The summed E-state index contributed by atoms with van der Waals surface area (Å²) in [6.45, 7) is 1.29. The van der Waals surface area contributed by atoms with Crippen LogP contribution in [0.2, 0.25) is 0 Å².